The zero-order chi connectivity index (χ0) is 11.0. The summed E-state index contributed by atoms with van der Waals surface area (Å²) in [4.78, 5) is 8.76. The average Bonchev–Trinajstić information content (AvgIpc) is 2.69. The van der Waals surface area contributed by atoms with E-state index in [4.69, 9.17) is 11.6 Å². The van der Waals surface area contributed by atoms with Gasteiger partial charge < -0.3 is 4.57 Å². The molecule has 0 bridgehead atoms. The number of aromatic nitrogens is 3. The Bertz CT molecular complexity index is 504. The van der Waals surface area contributed by atoms with Gasteiger partial charge >= 0.3 is 0 Å². The standard InChI is InChI=1S/C12H12ClN3/c13-11-10-6-2-4-8-16(10)12(15-11)9-5-1-3-7-14-9/h1,3,5,7H,2,4,6,8H2. The van der Waals surface area contributed by atoms with Crippen molar-refractivity contribution < 1.29 is 0 Å². The molecule has 3 rings (SSSR count). The van der Waals surface area contributed by atoms with Gasteiger partial charge in [-0.05, 0) is 31.4 Å². The lowest BCUT2D eigenvalue weighted by Crippen LogP contribution is -2.11. The van der Waals surface area contributed by atoms with Crippen molar-refractivity contribution in [2.75, 3.05) is 0 Å². The first-order chi connectivity index (χ1) is 7.86. The summed E-state index contributed by atoms with van der Waals surface area (Å²) in [6.07, 6.45) is 5.21. The van der Waals surface area contributed by atoms with E-state index in [1.54, 1.807) is 6.20 Å². The van der Waals surface area contributed by atoms with Crippen LogP contribution < -0.4 is 0 Å². The minimum atomic E-state index is 0.639. The van der Waals surface area contributed by atoms with Crippen molar-refractivity contribution in [3.8, 4) is 11.5 Å². The van der Waals surface area contributed by atoms with Crippen molar-refractivity contribution in [1.29, 1.82) is 0 Å². The minimum Gasteiger partial charge on any atom is -0.325 e. The Labute approximate surface area is 99.1 Å². The van der Waals surface area contributed by atoms with Gasteiger partial charge in [0.1, 0.15) is 5.69 Å². The number of imidazole rings is 1. The monoisotopic (exact) mass is 233 g/mol. The highest BCUT2D eigenvalue weighted by Crippen LogP contribution is 2.28. The van der Waals surface area contributed by atoms with Gasteiger partial charge in [0.2, 0.25) is 0 Å². The van der Waals surface area contributed by atoms with E-state index in [1.807, 2.05) is 18.2 Å². The highest BCUT2D eigenvalue weighted by Gasteiger charge is 2.19. The molecule has 2 aromatic heterocycles. The Morgan fingerprint density at radius 3 is 3.00 bits per heavy atom. The topological polar surface area (TPSA) is 30.7 Å². The first-order valence-electron chi connectivity index (χ1n) is 5.52. The fraction of sp³-hybridized carbons (Fsp3) is 0.333. The fourth-order valence-electron chi connectivity index (χ4n) is 2.19. The molecule has 0 fully saturated rings. The van der Waals surface area contributed by atoms with E-state index in [-0.39, 0.29) is 0 Å². The summed E-state index contributed by atoms with van der Waals surface area (Å²) < 4.78 is 2.20. The van der Waals surface area contributed by atoms with Gasteiger partial charge in [0.25, 0.3) is 0 Å². The summed E-state index contributed by atoms with van der Waals surface area (Å²) in [5.74, 6) is 0.903. The van der Waals surface area contributed by atoms with Crippen LogP contribution in [0.1, 0.15) is 18.5 Å². The SMILES string of the molecule is Clc1nc(-c2ccccn2)n2c1CCCC2. The molecule has 4 heteroatoms. The Kier molecular flexibility index (Phi) is 2.40. The van der Waals surface area contributed by atoms with Crippen LogP contribution in [-0.2, 0) is 13.0 Å². The van der Waals surface area contributed by atoms with Crippen LogP contribution >= 0.6 is 11.6 Å². The van der Waals surface area contributed by atoms with Gasteiger partial charge in [-0.15, -0.1) is 0 Å². The lowest BCUT2D eigenvalue weighted by Gasteiger charge is -2.16. The largest absolute Gasteiger partial charge is 0.325 e. The van der Waals surface area contributed by atoms with Gasteiger partial charge in [-0.3, -0.25) is 4.98 Å². The van der Waals surface area contributed by atoms with Crippen LogP contribution in [0.15, 0.2) is 24.4 Å². The fourth-order valence-corrected chi connectivity index (χ4v) is 2.47. The molecule has 2 aromatic rings. The third kappa shape index (κ3) is 1.52. The second-order valence-electron chi connectivity index (χ2n) is 4.00. The lowest BCUT2D eigenvalue weighted by atomic mass is 10.1. The van der Waals surface area contributed by atoms with Crippen molar-refractivity contribution in [2.24, 2.45) is 0 Å². The summed E-state index contributed by atoms with van der Waals surface area (Å²) >= 11 is 6.15. The minimum absolute atomic E-state index is 0.639. The predicted octanol–water partition coefficient (Wildman–Crippen LogP) is 2.93. The molecule has 0 saturated heterocycles. The van der Waals surface area contributed by atoms with Crippen molar-refractivity contribution in [1.82, 2.24) is 14.5 Å². The maximum absolute atomic E-state index is 6.15. The van der Waals surface area contributed by atoms with E-state index in [2.05, 4.69) is 14.5 Å². The van der Waals surface area contributed by atoms with Crippen molar-refractivity contribution >= 4 is 11.6 Å². The number of pyridine rings is 1. The number of hydrogen-bond acceptors (Lipinski definition) is 2. The average molecular weight is 234 g/mol. The van der Waals surface area contributed by atoms with Crippen LogP contribution in [0, 0.1) is 0 Å². The number of fused-ring (bicyclic) bond motifs is 1. The number of nitrogens with zero attached hydrogens (tertiary/aromatic N) is 3. The molecule has 0 amide bonds. The highest BCUT2D eigenvalue weighted by molar-refractivity contribution is 6.30. The second kappa shape index (κ2) is 3.91. The van der Waals surface area contributed by atoms with Gasteiger partial charge in [0, 0.05) is 12.7 Å². The first kappa shape index (κ1) is 9.85. The molecule has 1 aliphatic rings. The van der Waals surface area contributed by atoms with Gasteiger partial charge in [-0.1, -0.05) is 17.7 Å². The number of hydrogen-bond donors (Lipinski definition) is 0. The molecule has 0 spiro atoms. The van der Waals surface area contributed by atoms with Crippen molar-refractivity contribution in [2.45, 2.75) is 25.8 Å². The van der Waals surface area contributed by atoms with Crippen molar-refractivity contribution in [3.05, 3.63) is 35.2 Å². The predicted molar refractivity (Wildman–Crippen MR) is 63.4 cm³/mol. The molecule has 3 nitrogen and oxygen atoms in total. The van der Waals surface area contributed by atoms with Crippen LogP contribution in [0.4, 0.5) is 0 Å². The quantitative estimate of drug-likeness (QED) is 0.758. The Hall–Kier alpha value is -1.35. The molecular weight excluding hydrogens is 222 g/mol. The molecular formula is C12H12ClN3. The highest BCUT2D eigenvalue weighted by atomic mass is 35.5. The molecule has 0 aliphatic carbocycles. The summed E-state index contributed by atoms with van der Waals surface area (Å²) in [5.41, 5.74) is 2.06. The molecule has 0 aromatic carbocycles. The summed E-state index contributed by atoms with van der Waals surface area (Å²) in [6, 6.07) is 5.85. The van der Waals surface area contributed by atoms with Gasteiger partial charge in [0.15, 0.2) is 11.0 Å². The summed E-state index contributed by atoms with van der Waals surface area (Å²) in [5, 5.41) is 0.639. The van der Waals surface area contributed by atoms with Crippen LogP contribution in [0.25, 0.3) is 11.5 Å². The van der Waals surface area contributed by atoms with Gasteiger partial charge in [0.05, 0.1) is 5.69 Å². The van der Waals surface area contributed by atoms with Crippen LogP contribution in [0.2, 0.25) is 5.15 Å². The second-order valence-corrected chi connectivity index (χ2v) is 4.35. The van der Waals surface area contributed by atoms with Gasteiger partial charge in [-0.2, -0.15) is 0 Å². The molecule has 0 atom stereocenters. The van der Waals surface area contributed by atoms with E-state index in [0.717, 1.165) is 30.2 Å². The van der Waals surface area contributed by atoms with Crippen LogP contribution in [-0.4, -0.2) is 14.5 Å². The van der Waals surface area contributed by atoms with Crippen LogP contribution in [0.3, 0.4) is 0 Å². The maximum atomic E-state index is 6.15. The molecule has 1 aliphatic heterocycles. The molecule has 0 N–H and O–H groups in total. The normalized spacial score (nSPS) is 14.8. The molecule has 16 heavy (non-hydrogen) atoms. The Morgan fingerprint density at radius 1 is 1.25 bits per heavy atom. The summed E-state index contributed by atoms with van der Waals surface area (Å²) in [6.45, 7) is 1.00. The zero-order valence-corrected chi connectivity index (χ0v) is 9.61. The third-order valence-corrected chi connectivity index (χ3v) is 3.27. The Morgan fingerprint density at radius 2 is 2.19 bits per heavy atom. The van der Waals surface area contributed by atoms with E-state index >= 15 is 0 Å². The van der Waals surface area contributed by atoms with E-state index < -0.39 is 0 Å². The Balaban J connectivity index is 2.15. The molecule has 3 heterocycles. The van der Waals surface area contributed by atoms with E-state index in [9.17, 15) is 0 Å². The van der Waals surface area contributed by atoms with Crippen LogP contribution in [0.5, 0.6) is 0 Å². The third-order valence-electron chi connectivity index (χ3n) is 2.96. The van der Waals surface area contributed by atoms with Gasteiger partial charge in [-0.25, -0.2) is 4.98 Å². The molecule has 82 valence electrons. The molecule has 0 unspecified atom stereocenters. The van der Waals surface area contributed by atoms with E-state index in [1.165, 1.54) is 12.8 Å². The summed E-state index contributed by atoms with van der Waals surface area (Å²) in [7, 11) is 0. The number of rotatable bonds is 1. The molecule has 0 radical (unpaired) electrons. The van der Waals surface area contributed by atoms with Crippen molar-refractivity contribution in [3.63, 3.8) is 0 Å². The smallest absolute Gasteiger partial charge is 0.160 e. The first-order valence-corrected chi connectivity index (χ1v) is 5.90. The van der Waals surface area contributed by atoms with E-state index in [0.29, 0.717) is 5.15 Å². The lowest BCUT2D eigenvalue weighted by molar-refractivity contribution is 0.536. The molecule has 0 saturated carbocycles. The maximum Gasteiger partial charge on any atom is 0.160 e. The number of halogens is 1. The zero-order valence-electron chi connectivity index (χ0n) is 8.86.